The Morgan fingerprint density at radius 3 is 2.82 bits per heavy atom. The van der Waals surface area contributed by atoms with Gasteiger partial charge in [-0.2, -0.15) is 0 Å². The van der Waals surface area contributed by atoms with E-state index in [1.165, 1.54) is 0 Å². The Bertz CT molecular complexity index is 254. The second-order valence-corrected chi connectivity index (χ2v) is 2.69. The summed E-state index contributed by atoms with van der Waals surface area (Å²) >= 11 is 11.2. The van der Waals surface area contributed by atoms with Gasteiger partial charge in [-0.25, -0.2) is 10.9 Å². The molecule has 11 heavy (non-hydrogen) atoms. The van der Waals surface area contributed by atoms with Crippen molar-refractivity contribution in [1.82, 2.24) is 4.98 Å². The van der Waals surface area contributed by atoms with Gasteiger partial charge in [0, 0.05) is 6.20 Å². The van der Waals surface area contributed by atoms with Gasteiger partial charge in [0.2, 0.25) is 0 Å². The molecule has 0 radical (unpaired) electrons. The van der Waals surface area contributed by atoms with Crippen molar-refractivity contribution in [3.8, 4) is 0 Å². The maximum absolute atomic E-state index is 5.66. The van der Waals surface area contributed by atoms with E-state index >= 15 is 0 Å². The Kier molecular flexibility index (Phi) is 3.08. The third kappa shape index (κ3) is 2.31. The largest absolute Gasteiger partial charge is 0.300 e. The molecular formula is C6H6Cl2N2O. The predicted molar refractivity (Wildman–Crippen MR) is 43.2 cm³/mol. The van der Waals surface area contributed by atoms with Crippen molar-refractivity contribution in [1.29, 1.82) is 0 Å². The van der Waals surface area contributed by atoms with Crippen molar-refractivity contribution in [2.24, 2.45) is 5.90 Å². The van der Waals surface area contributed by atoms with Crippen LogP contribution in [0, 0.1) is 0 Å². The molecule has 0 fully saturated rings. The van der Waals surface area contributed by atoms with Crippen LogP contribution >= 0.6 is 23.2 Å². The number of halogens is 2. The van der Waals surface area contributed by atoms with Crippen LogP contribution in [0.25, 0.3) is 0 Å². The van der Waals surface area contributed by atoms with Crippen LogP contribution in [0.2, 0.25) is 10.2 Å². The van der Waals surface area contributed by atoms with E-state index in [-0.39, 0.29) is 11.8 Å². The second-order valence-electron chi connectivity index (χ2n) is 1.93. The molecule has 0 spiro atoms. The van der Waals surface area contributed by atoms with Crippen LogP contribution in [0.1, 0.15) is 5.56 Å². The fourth-order valence-corrected chi connectivity index (χ4v) is 0.928. The van der Waals surface area contributed by atoms with Crippen molar-refractivity contribution in [3.63, 3.8) is 0 Å². The Balaban J connectivity index is 2.86. The summed E-state index contributed by atoms with van der Waals surface area (Å²) in [6, 6.07) is 1.66. The predicted octanol–water partition coefficient (Wildman–Crippen LogP) is 1.78. The van der Waals surface area contributed by atoms with Crippen molar-refractivity contribution >= 4 is 23.2 Å². The normalized spacial score (nSPS) is 10.1. The number of hydrogen-bond acceptors (Lipinski definition) is 3. The highest BCUT2D eigenvalue weighted by atomic mass is 35.5. The first-order chi connectivity index (χ1) is 5.24. The molecule has 0 aliphatic rings. The minimum atomic E-state index is 0.282. The lowest BCUT2D eigenvalue weighted by molar-refractivity contribution is 0.124. The van der Waals surface area contributed by atoms with E-state index in [0.29, 0.717) is 5.02 Å². The van der Waals surface area contributed by atoms with Gasteiger partial charge in [-0.3, -0.25) is 4.84 Å². The summed E-state index contributed by atoms with van der Waals surface area (Å²) in [5.74, 6) is 4.84. The number of pyridine rings is 1. The second kappa shape index (κ2) is 3.88. The highest BCUT2D eigenvalue weighted by Crippen LogP contribution is 2.19. The Labute approximate surface area is 74.0 Å². The summed E-state index contributed by atoms with van der Waals surface area (Å²) in [4.78, 5) is 8.18. The van der Waals surface area contributed by atoms with Crippen molar-refractivity contribution in [3.05, 3.63) is 28.0 Å². The zero-order valence-electron chi connectivity index (χ0n) is 5.55. The average Bonchev–Trinajstić information content (AvgIpc) is 1.98. The molecule has 0 aliphatic heterocycles. The fourth-order valence-electron chi connectivity index (χ4n) is 0.636. The molecule has 3 nitrogen and oxygen atoms in total. The van der Waals surface area contributed by atoms with Gasteiger partial charge in [0.25, 0.3) is 0 Å². The number of nitrogens with zero attached hydrogens (tertiary/aromatic N) is 1. The first kappa shape index (κ1) is 8.74. The number of nitrogens with two attached hydrogens (primary N) is 1. The lowest BCUT2D eigenvalue weighted by Crippen LogP contribution is -1.99. The molecule has 0 saturated heterocycles. The molecule has 0 aliphatic carbocycles. The highest BCUT2D eigenvalue weighted by molar-refractivity contribution is 6.41. The van der Waals surface area contributed by atoms with Crippen molar-refractivity contribution < 1.29 is 4.84 Å². The van der Waals surface area contributed by atoms with Crippen LogP contribution in [0.4, 0.5) is 0 Å². The summed E-state index contributed by atoms with van der Waals surface area (Å²) in [7, 11) is 0. The Hall–Kier alpha value is -0.350. The van der Waals surface area contributed by atoms with E-state index in [4.69, 9.17) is 29.1 Å². The average molecular weight is 193 g/mol. The lowest BCUT2D eigenvalue weighted by atomic mass is 10.3. The summed E-state index contributed by atoms with van der Waals surface area (Å²) in [5, 5.41) is 0.689. The van der Waals surface area contributed by atoms with Gasteiger partial charge in [-0.15, -0.1) is 0 Å². The summed E-state index contributed by atoms with van der Waals surface area (Å²) in [5.41, 5.74) is 0.793. The van der Waals surface area contributed by atoms with E-state index < -0.39 is 0 Å². The molecule has 0 atom stereocenters. The van der Waals surface area contributed by atoms with Crippen LogP contribution in [-0.2, 0) is 11.4 Å². The van der Waals surface area contributed by atoms with Crippen LogP contribution in [0.15, 0.2) is 12.3 Å². The molecule has 60 valence electrons. The quantitative estimate of drug-likeness (QED) is 0.575. The van der Waals surface area contributed by atoms with E-state index in [1.807, 2.05) is 0 Å². The third-order valence-electron chi connectivity index (χ3n) is 1.10. The molecule has 0 aromatic carbocycles. The number of rotatable bonds is 2. The van der Waals surface area contributed by atoms with Gasteiger partial charge in [0.05, 0.1) is 11.6 Å². The van der Waals surface area contributed by atoms with E-state index in [0.717, 1.165) is 5.56 Å². The molecule has 0 unspecified atom stereocenters. The Morgan fingerprint density at radius 1 is 1.55 bits per heavy atom. The minimum Gasteiger partial charge on any atom is -0.300 e. The van der Waals surface area contributed by atoms with E-state index in [1.54, 1.807) is 12.3 Å². The van der Waals surface area contributed by atoms with Gasteiger partial charge >= 0.3 is 0 Å². The van der Waals surface area contributed by atoms with E-state index in [9.17, 15) is 0 Å². The first-order valence-corrected chi connectivity index (χ1v) is 3.61. The van der Waals surface area contributed by atoms with Crippen molar-refractivity contribution in [2.75, 3.05) is 0 Å². The van der Waals surface area contributed by atoms with Gasteiger partial charge in [-0.05, 0) is 11.6 Å². The molecule has 2 N–H and O–H groups in total. The van der Waals surface area contributed by atoms with Crippen LogP contribution in [0.3, 0.4) is 0 Å². The monoisotopic (exact) mass is 192 g/mol. The van der Waals surface area contributed by atoms with Gasteiger partial charge in [0.15, 0.2) is 0 Å². The molecule has 0 saturated carbocycles. The summed E-state index contributed by atoms with van der Waals surface area (Å²) < 4.78 is 0. The lowest BCUT2D eigenvalue weighted by Gasteiger charge is -1.99. The zero-order valence-corrected chi connectivity index (χ0v) is 7.06. The van der Waals surface area contributed by atoms with Gasteiger partial charge < -0.3 is 0 Å². The molecule has 5 heteroatoms. The van der Waals surface area contributed by atoms with E-state index in [2.05, 4.69) is 9.82 Å². The fraction of sp³-hybridized carbons (Fsp3) is 0.167. The molecular weight excluding hydrogens is 187 g/mol. The third-order valence-corrected chi connectivity index (χ3v) is 1.79. The first-order valence-electron chi connectivity index (χ1n) is 2.85. The molecule has 0 amide bonds. The minimum absolute atomic E-state index is 0.282. The molecule has 1 heterocycles. The maximum atomic E-state index is 5.66. The van der Waals surface area contributed by atoms with Gasteiger partial charge in [-0.1, -0.05) is 23.2 Å². The smallest absolute Gasteiger partial charge is 0.147 e. The zero-order chi connectivity index (χ0) is 8.27. The molecule has 1 aromatic rings. The van der Waals surface area contributed by atoms with Crippen molar-refractivity contribution in [2.45, 2.75) is 6.61 Å². The molecule has 0 bridgehead atoms. The summed E-state index contributed by atoms with van der Waals surface area (Å²) in [6.07, 6.45) is 1.56. The van der Waals surface area contributed by atoms with Crippen LogP contribution < -0.4 is 5.90 Å². The summed E-state index contributed by atoms with van der Waals surface area (Å²) in [6.45, 7) is 0.282. The molecule has 1 rings (SSSR count). The number of hydrogen-bond donors (Lipinski definition) is 1. The van der Waals surface area contributed by atoms with Crippen LogP contribution in [-0.4, -0.2) is 4.98 Å². The van der Waals surface area contributed by atoms with Gasteiger partial charge in [0.1, 0.15) is 5.15 Å². The molecule has 1 aromatic heterocycles. The Morgan fingerprint density at radius 2 is 2.27 bits per heavy atom. The SMILES string of the molecule is NOCc1cnc(Cl)c(Cl)c1. The highest BCUT2D eigenvalue weighted by Gasteiger charge is 1.99. The van der Waals surface area contributed by atoms with Crippen LogP contribution in [0.5, 0.6) is 0 Å². The topological polar surface area (TPSA) is 48.1 Å². The standard InChI is InChI=1S/C6H6Cl2N2O/c7-5-1-4(3-11-9)2-10-6(5)8/h1-2H,3,9H2. The maximum Gasteiger partial charge on any atom is 0.147 e. The number of aromatic nitrogens is 1.